The monoisotopic (exact) mass is 192 g/mol. The maximum Gasteiger partial charge on any atom is 0.151 e. The van der Waals surface area contributed by atoms with Crippen molar-refractivity contribution in [2.75, 3.05) is 0 Å². The fourth-order valence-corrected chi connectivity index (χ4v) is 1.57. The van der Waals surface area contributed by atoms with Gasteiger partial charge < -0.3 is 0 Å². The lowest BCUT2D eigenvalue weighted by molar-refractivity contribution is 0.628. The van der Waals surface area contributed by atoms with E-state index in [1.54, 1.807) is 17.8 Å². The molecule has 0 unspecified atom stereocenters. The highest BCUT2D eigenvalue weighted by molar-refractivity contribution is 5.79. The van der Waals surface area contributed by atoms with Crippen LogP contribution in [0.4, 0.5) is 4.39 Å². The second-order valence-electron chi connectivity index (χ2n) is 3.90. The summed E-state index contributed by atoms with van der Waals surface area (Å²) in [7, 11) is 1.80. The van der Waals surface area contributed by atoms with E-state index >= 15 is 0 Å². The third-order valence-electron chi connectivity index (χ3n) is 2.37. The molecule has 0 aliphatic heterocycles. The first-order valence-corrected chi connectivity index (χ1v) is 4.70. The molecule has 14 heavy (non-hydrogen) atoms. The Bertz CT molecular complexity index is 471. The summed E-state index contributed by atoms with van der Waals surface area (Å²) >= 11 is 0. The van der Waals surface area contributed by atoms with Gasteiger partial charge in [0.05, 0.1) is 0 Å². The van der Waals surface area contributed by atoms with Gasteiger partial charge in [0.2, 0.25) is 0 Å². The van der Waals surface area contributed by atoms with Gasteiger partial charge in [0.25, 0.3) is 0 Å². The molecule has 0 atom stereocenters. The van der Waals surface area contributed by atoms with E-state index < -0.39 is 0 Å². The number of fused-ring (bicyclic) bond motifs is 1. The summed E-state index contributed by atoms with van der Waals surface area (Å²) in [6, 6.07) is 3.57. The normalized spacial score (nSPS) is 11.5. The molecular weight excluding hydrogens is 179 g/mol. The molecule has 1 aromatic heterocycles. The van der Waals surface area contributed by atoms with Crippen LogP contribution in [0, 0.1) is 5.82 Å². The molecule has 0 spiro atoms. The van der Waals surface area contributed by atoms with E-state index in [2.05, 4.69) is 18.9 Å². The Morgan fingerprint density at radius 2 is 2.07 bits per heavy atom. The number of hydrogen-bond acceptors (Lipinski definition) is 1. The highest BCUT2D eigenvalue weighted by Crippen LogP contribution is 2.23. The number of halogens is 1. The number of hydrogen-bond donors (Lipinski definition) is 0. The Hall–Kier alpha value is -1.38. The highest BCUT2D eigenvalue weighted by atomic mass is 19.1. The summed E-state index contributed by atoms with van der Waals surface area (Å²) in [6.45, 7) is 4.11. The van der Waals surface area contributed by atoms with E-state index in [0.29, 0.717) is 11.4 Å². The van der Waals surface area contributed by atoms with Gasteiger partial charge in [-0.3, -0.25) is 4.68 Å². The Morgan fingerprint density at radius 1 is 1.36 bits per heavy atom. The second kappa shape index (κ2) is 3.08. The molecule has 3 heteroatoms. The van der Waals surface area contributed by atoms with E-state index in [0.717, 1.165) is 10.9 Å². The molecule has 2 aromatic rings. The fourth-order valence-electron chi connectivity index (χ4n) is 1.57. The molecule has 0 amide bonds. The van der Waals surface area contributed by atoms with Crippen LogP contribution in [0.1, 0.15) is 25.3 Å². The second-order valence-corrected chi connectivity index (χ2v) is 3.90. The van der Waals surface area contributed by atoms with E-state index in [1.807, 2.05) is 12.3 Å². The van der Waals surface area contributed by atoms with Crippen LogP contribution < -0.4 is 0 Å². The van der Waals surface area contributed by atoms with Gasteiger partial charge in [-0.2, -0.15) is 5.10 Å². The summed E-state index contributed by atoms with van der Waals surface area (Å²) in [5.41, 5.74) is 1.47. The van der Waals surface area contributed by atoms with Gasteiger partial charge in [-0.25, -0.2) is 4.39 Å². The Kier molecular flexibility index (Phi) is 2.02. The van der Waals surface area contributed by atoms with Crippen molar-refractivity contribution in [3.8, 4) is 0 Å². The average molecular weight is 192 g/mol. The van der Waals surface area contributed by atoms with Crippen LogP contribution >= 0.6 is 0 Å². The molecule has 0 bridgehead atoms. The van der Waals surface area contributed by atoms with Crippen molar-refractivity contribution in [3.05, 3.63) is 29.7 Å². The predicted molar refractivity (Wildman–Crippen MR) is 54.8 cm³/mol. The first-order chi connectivity index (χ1) is 6.58. The SMILES string of the molecule is CC(C)c1cc(F)c2nn(C)cc2c1. The molecule has 1 heterocycles. The van der Waals surface area contributed by atoms with E-state index in [-0.39, 0.29) is 5.82 Å². The summed E-state index contributed by atoms with van der Waals surface area (Å²) in [5, 5.41) is 4.93. The molecular formula is C11H13FN2. The molecule has 0 saturated heterocycles. The smallest absolute Gasteiger partial charge is 0.151 e. The summed E-state index contributed by atoms with van der Waals surface area (Å²) in [4.78, 5) is 0. The average Bonchev–Trinajstić information content (AvgIpc) is 2.45. The lowest BCUT2D eigenvalue weighted by Gasteiger charge is -2.04. The maximum absolute atomic E-state index is 13.5. The van der Waals surface area contributed by atoms with Crippen LogP contribution in [0.15, 0.2) is 18.3 Å². The predicted octanol–water partition coefficient (Wildman–Crippen LogP) is 2.84. The molecule has 0 fully saturated rings. The van der Waals surface area contributed by atoms with Gasteiger partial charge in [-0.15, -0.1) is 0 Å². The standard InChI is InChI=1S/C11H13FN2/c1-7(2)8-4-9-6-14(3)13-11(9)10(12)5-8/h4-7H,1-3H3. The highest BCUT2D eigenvalue weighted by Gasteiger charge is 2.08. The zero-order valence-corrected chi connectivity index (χ0v) is 8.58. The van der Waals surface area contributed by atoms with E-state index in [4.69, 9.17) is 0 Å². The maximum atomic E-state index is 13.5. The number of benzene rings is 1. The zero-order chi connectivity index (χ0) is 10.3. The van der Waals surface area contributed by atoms with Crippen LogP contribution in [0.5, 0.6) is 0 Å². The number of aromatic nitrogens is 2. The topological polar surface area (TPSA) is 17.8 Å². The molecule has 2 rings (SSSR count). The van der Waals surface area contributed by atoms with Gasteiger partial charge in [0.1, 0.15) is 5.52 Å². The lowest BCUT2D eigenvalue weighted by Crippen LogP contribution is -1.90. The molecule has 2 nitrogen and oxygen atoms in total. The third kappa shape index (κ3) is 1.39. The summed E-state index contributed by atoms with van der Waals surface area (Å²) in [5.74, 6) is 0.112. The molecule has 0 aliphatic rings. The van der Waals surface area contributed by atoms with Crippen LogP contribution in [-0.4, -0.2) is 9.78 Å². The molecule has 74 valence electrons. The lowest BCUT2D eigenvalue weighted by atomic mass is 10.0. The van der Waals surface area contributed by atoms with Crippen molar-refractivity contribution >= 4 is 10.9 Å². The number of nitrogens with zero attached hydrogens (tertiary/aromatic N) is 2. The summed E-state index contributed by atoms with van der Waals surface area (Å²) < 4.78 is 15.2. The quantitative estimate of drug-likeness (QED) is 0.679. The first kappa shape index (κ1) is 9.19. The van der Waals surface area contributed by atoms with Crippen molar-refractivity contribution in [2.45, 2.75) is 19.8 Å². The van der Waals surface area contributed by atoms with Crippen molar-refractivity contribution in [2.24, 2.45) is 7.05 Å². The van der Waals surface area contributed by atoms with Crippen LogP contribution in [0.25, 0.3) is 10.9 Å². The first-order valence-electron chi connectivity index (χ1n) is 4.70. The van der Waals surface area contributed by atoms with Crippen molar-refractivity contribution in [1.29, 1.82) is 0 Å². The van der Waals surface area contributed by atoms with Gasteiger partial charge in [0.15, 0.2) is 5.82 Å². The van der Waals surface area contributed by atoms with Gasteiger partial charge in [0, 0.05) is 18.6 Å². The minimum absolute atomic E-state index is 0.230. The zero-order valence-electron chi connectivity index (χ0n) is 8.58. The Balaban J connectivity index is 2.71. The fraction of sp³-hybridized carbons (Fsp3) is 0.364. The number of rotatable bonds is 1. The summed E-state index contributed by atoms with van der Waals surface area (Å²) in [6.07, 6.45) is 1.84. The molecule has 0 radical (unpaired) electrons. The van der Waals surface area contributed by atoms with E-state index in [9.17, 15) is 4.39 Å². The largest absolute Gasteiger partial charge is 0.274 e. The Labute approximate surface area is 82.3 Å². The van der Waals surface area contributed by atoms with Crippen molar-refractivity contribution < 1.29 is 4.39 Å². The van der Waals surface area contributed by atoms with Crippen molar-refractivity contribution in [3.63, 3.8) is 0 Å². The van der Waals surface area contributed by atoms with Gasteiger partial charge >= 0.3 is 0 Å². The molecule has 0 aliphatic carbocycles. The van der Waals surface area contributed by atoms with Gasteiger partial charge in [-0.05, 0) is 23.6 Å². The van der Waals surface area contributed by atoms with Crippen LogP contribution in [0.2, 0.25) is 0 Å². The van der Waals surface area contributed by atoms with Gasteiger partial charge in [-0.1, -0.05) is 13.8 Å². The third-order valence-corrected chi connectivity index (χ3v) is 2.37. The number of aryl methyl sites for hydroxylation is 1. The minimum Gasteiger partial charge on any atom is -0.274 e. The molecule has 1 aromatic carbocycles. The van der Waals surface area contributed by atoms with E-state index in [1.165, 1.54) is 0 Å². The molecule has 0 N–H and O–H groups in total. The molecule has 0 saturated carbocycles. The van der Waals surface area contributed by atoms with Crippen molar-refractivity contribution in [1.82, 2.24) is 9.78 Å². The minimum atomic E-state index is -0.230. The van der Waals surface area contributed by atoms with Crippen LogP contribution in [0.3, 0.4) is 0 Å². The Morgan fingerprint density at radius 3 is 2.71 bits per heavy atom. The van der Waals surface area contributed by atoms with Crippen LogP contribution in [-0.2, 0) is 7.05 Å².